The fraction of sp³-hybridized carbons (Fsp3) is 0.600. The predicted molar refractivity (Wildman–Crippen MR) is 110 cm³/mol. The fourth-order valence-corrected chi connectivity index (χ4v) is 3.98. The third-order valence-corrected chi connectivity index (χ3v) is 5.44. The van der Waals surface area contributed by atoms with E-state index in [9.17, 15) is 0 Å². The average Bonchev–Trinajstić information content (AvgIpc) is 2.75. The van der Waals surface area contributed by atoms with E-state index < -0.39 is 0 Å². The molecule has 0 amide bonds. The lowest BCUT2D eigenvalue weighted by molar-refractivity contribution is -0.0203. The van der Waals surface area contributed by atoms with Gasteiger partial charge in [0, 0.05) is 51.4 Å². The van der Waals surface area contributed by atoms with E-state index in [2.05, 4.69) is 43.9 Å². The smallest absolute Gasteiger partial charge is 0.227 e. The molecule has 150 valence electrons. The highest BCUT2D eigenvalue weighted by Gasteiger charge is 2.29. The summed E-state index contributed by atoms with van der Waals surface area (Å²) in [6.07, 6.45) is 9.51. The Hall–Kier alpha value is -2.48. The first-order valence-corrected chi connectivity index (χ1v) is 10.2. The van der Waals surface area contributed by atoms with Crippen LogP contribution in [-0.2, 0) is 4.74 Å². The first kappa shape index (κ1) is 18.9. The molecule has 2 aliphatic rings. The van der Waals surface area contributed by atoms with E-state index in [0.29, 0.717) is 12.0 Å². The Kier molecular flexibility index (Phi) is 5.85. The van der Waals surface area contributed by atoms with Gasteiger partial charge in [-0.05, 0) is 24.8 Å². The van der Waals surface area contributed by atoms with Crippen molar-refractivity contribution in [3.8, 4) is 0 Å². The number of anilines is 3. The third-order valence-electron chi connectivity index (χ3n) is 5.44. The Morgan fingerprint density at radius 2 is 1.89 bits per heavy atom. The van der Waals surface area contributed by atoms with Crippen molar-refractivity contribution in [1.82, 2.24) is 19.9 Å². The largest absolute Gasteiger partial charge is 0.376 e. The molecule has 0 spiro atoms. The van der Waals surface area contributed by atoms with E-state index in [-0.39, 0.29) is 6.10 Å². The summed E-state index contributed by atoms with van der Waals surface area (Å²) < 4.78 is 5.99. The van der Waals surface area contributed by atoms with Crippen LogP contribution in [-0.4, -0.2) is 64.9 Å². The molecule has 2 aliphatic heterocycles. The van der Waals surface area contributed by atoms with Gasteiger partial charge in [-0.2, -0.15) is 4.98 Å². The summed E-state index contributed by atoms with van der Waals surface area (Å²) in [5, 5.41) is 3.59. The maximum atomic E-state index is 5.99. The molecule has 0 bridgehead atoms. The molecular formula is C20H29N7O. The van der Waals surface area contributed by atoms with Gasteiger partial charge in [0.2, 0.25) is 5.95 Å². The van der Waals surface area contributed by atoms with Gasteiger partial charge in [-0.1, -0.05) is 13.8 Å². The van der Waals surface area contributed by atoms with E-state index in [4.69, 9.17) is 9.72 Å². The van der Waals surface area contributed by atoms with Crippen LogP contribution in [0.3, 0.4) is 0 Å². The zero-order chi connectivity index (χ0) is 19.3. The van der Waals surface area contributed by atoms with Crippen molar-refractivity contribution in [2.24, 2.45) is 5.92 Å². The predicted octanol–water partition coefficient (Wildman–Crippen LogP) is 2.21. The topological polar surface area (TPSA) is 79.3 Å². The minimum atomic E-state index is 0.225. The Morgan fingerprint density at radius 3 is 2.64 bits per heavy atom. The van der Waals surface area contributed by atoms with Gasteiger partial charge < -0.3 is 19.9 Å². The summed E-state index contributed by atoms with van der Waals surface area (Å²) in [6.45, 7) is 8.77. The van der Waals surface area contributed by atoms with Crippen molar-refractivity contribution in [3.05, 3.63) is 30.9 Å². The highest BCUT2D eigenvalue weighted by atomic mass is 16.5. The Bertz CT molecular complexity index is 749. The number of piperazine rings is 1. The fourth-order valence-electron chi connectivity index (χ4n) is 3.98. The van der Waals surface area contributed by atoms with Crippen LogP contribution in [0.5, 0.6) is 0 Å². The summed E-state index contributed by atoms with van der Waals surface area (Å²) in [7, 11) is 0. The highest BCUT2D eigenvalue weighted by Crippen LogP contribution is 2.24. The lowest BCUT2D eigenvalue weighted by atomic mass is 9.94. The minimum absolute atomic E-state index is 0.225. The molecule has 8 nitrogen and oxygen atoms in total. The maximum Gasteiger partial charge on any atom is 0.227 e. The number of hydrogen-bond donors (Lipinski definition) is 1. The zero-order valence-electron chi connectivity index (χ0n) is 16.7. The second kappa shape index (κ2) is 8.68. The summed E-state index contributed by atoms with van der Waals surface area (Å²) >= 11 is 0. The number of rotatable bonds is 5. The average molecular weight is 384 g/mol. The van der Waals surface area contributed by atoms with E-state index >= 15 is 0 Å². The molecule has 0 aromatic carbocycles. The number of nitrogens with one attached hydrogen (secondary N) is 1. The van der Waals surface area contributed by atoms with E-state index in [1.165, 1.54) is 0 Å². The van der Waals surface area contributed by atoms with Crippen molar-refractivity contribution < 1.29 is 4.74 Å². The highest BCUT2D eigenvalue weighted by molar-refractivity contribution is 5.45. The molecule has 28 heavy (non-hydrogen) atoms. The molecule has 2 saturated heterocycles. The molecule has 2 atom stereocenters. The summed E-state index contributed by atoms with van der Waals surface area (Å²) in [6, 6.07) is 2.25. The summed E-state index contributed by atoms with van der Waals surface area (Å²) in [5.74, 6) is 3.06. The van der Waals surface area contributed by atoms with Crippen LogP contribution >= 0.6 is 0 Å². The van der Waals surface area contributed by atoms with Crippen LogP contribution in [0, 0.1) is 5.92 Å². The Labute approximate surface area is 166 Å². The van der Waals surface area contributed by atoms with Crippen LogP contribution in [0.2, 0.25) is 0 Å². The molecule has 8 heteroatoms. The lowest BCUT2D eigenvalue weighted by Gasteiger charge is -2.36. The van der Waals surface area contributed by atoms with E-state index in [1.807, 2.05) is 18.5 Å². The molecule has 0 unspecified atom stereocenters. The zero-order valence-corrected chi connectivity index (χ0v) is 16.7. The van der Waals surface area contributed by atoms with Crippen molar-refractivity contribution in [2.75, 3.05) is 47.9 Å². The van der Waals surface area contributed by atoms with Crippen molar-refractivity contribution >= 4 is 17.6 Å². The second-order valence-electron chi connectivity index (χ2n) is 7.75. The van der Waals surface area contributed by atoms with Gasteiger partial charge in [-0.25, -0.2) is 9.97 Å². The van der Waals surface area contributed by atoms with Gasteiger partial charge in [0.05, 0.1) is 18.3 Å². The Balaban J connectivity index is 1.39. The van der Waals surface area contributed by atoms with Crippen LogP contribution in [0.15, 0.2) is 30.9 Å². The molecule has 2 fully saturated rings. The molecule has 2 aromatic rings. The lowest BCUT2D eigenvalue weighted by Crippen LogP contribution is -2.47. The van der Waals surface area contributed by atoms with E-state index in [0.717, 1.165) is 63.2 Å². The molecule has 0 radical (unpaired) electrons. The van der Waals surface area contributed by atoms with Gasteiger partial charge in [-0.15, -0.1) is 0 Å². The number of aromatic nitrogens is 4. The van der Waals surface area contributed by atoms with Gasteiger partial charge in [-0.3, -0.25) is 4.98 Å². The third kappa shape index (κ3) is 4.32. The van der Waals surface area contributed by atoms with Crippen LogP contribution < -0.4 is 15.1 Å². The number of hydrogen-bond acceptors (Lipinski definition) is 8. The van der Waals surface area contributed by atoms with E-state index in [1.54, 1.807) is 12.4 Å². The monoisotopic (exact) mass is 383 g/mol. The Morgan fingerprint density at radius 1 is 1.07 bits per heavy atom. The molecule has 0 aliphatic carbocycles. The number of nitrogens with zero attached hydrogens (tertiary/aromatic N) is 6. The molecule has 1 N–H and O–H groups in total. The van der Waals surface area contributed by atoms with Gasteiger partial charge in [0.15, 0.2) is 0 Å². The van der Waals surface area contributed by atoms with Crippen LogP contribution in [0.1, 0.15) is 26.7 Å². The number of ether oxygens (including phenoxy) is 1. The van der Waals surface area contributed by atoms with Gasteiger partial charge in [0.1, 0.15) is 11.6 Å². The SMILES string of the molecule is CC(C)[C@H]1OCCC[C@H]1Nc1ccnc(N2CCN(c3cnccn3)CC2)n1. The molecular weight excluding hydrogens is 354 g/mol. The summed E-state index contributed by atoms with van der Waals surface area (Å²) in [5.41, 5.74) is 0. The van der Waals surface area contributed by atoms with Crippen molar-refractivity contribution in [3.63, 3.8) is 0 Å². The normalized spacial score (nSPS) is 23.1. The van der Waals surface area contributed by atoms with Gasteiger partial charge in [0.25, 0.3) is 0 Å². The summed E-state index contributed by atoms with van der Waals surface area (Å²) in [4.78, 5) is 22.3. The van der Waals surface area contributed by atoms with Crippen LogP contribution in [0.25, 0.3) is 0 Å². The first-order chi connectivity index (χ1) is 13.7. The van der Waals surface area contributed by atoms with Crippen molar-refractivity contribution in [1.29, 1.82) is 0 Å². The van der Waals surface area contributed by atoms with Crippen LogP contribution in [0.4, 0.5) is 17.6 Å². The first-order valence-electron chi connectivity index (χ1n) is 10.2. The molecule has 2 aromatic heterocycles. The van der Waals surface area contributed by atoms with Crippen molar-refractivity contribution in [2.45, 2.75) is 38.8 Å². The quantitative estimate of drug-likeness (QED) is 0.842. The maximum absolute atomic E-state index is 5.99. The minimum Gasteiger partial charge on any atom is -0.376 e. The molecule has 4 heterocycles. The molecule has 4 rings (SSSR count). The molecule has 0 saturated carbocycles. The van der Waals surface area contributed by atoms with Gasteiger partial charge >= 0.3 is 0 Å². The second-order valence-corrected chi connectivity index (χ2v) is 7.75. The standard InChI is InChI=1S/C20H29N7O/c1-15(2)19-16(4-3-13-28-19)24-17-5-6-23-20(25-17)27-11-9-26(10-12-27)18-14-21-7-8-22-18/h5-8,14-16,19H,3-4,9-13H2,1-2H3,(H,23,24,25)/t16-,19-/m1/s1.